The van der Waals surface area contributed by atoms with Gasteiger partial charge in [0.05, 0.1) is 0 Å². The summed E-state index contributed by atoms with van der Waals surface area (Å²) in [5.74, 6) is 0. The van der Waals surface area contributed by atoms with Crippen molar-refractivity contribution in [1.82, 2.24) is 4.90 Å². The van der Waals surface area contributed by atoms with Gasteiger partial charge in [-0.15, -0.1) is 0 Å². The average molecular weight is 218 g/mol. The molecule has 0 radical (unpaired) electrons. The average Bonchev–Trinajstić information content (AvgIpc) is 3.13. The Bertz CT molecular complexity index is 293. The Morgan fingerprint density at radius 1 is 1.19 bits per heavy atom. The standard InChI is InChI=1S/C14H22N2/c1-2-11-16(14-8-9-14)12-10-15-13-6-4-3-5-7-13/h3-7,14-15H,2,8-12H2,1H3. The van der Waals surface area contributed by atoms with Crippen LogP contribution in [0.15, 0.2) is 30.3 Å². The minimum Gasteiger partial charge on any atom is -0.384 e. The van der Waals surface area contributed by atoms with Crippen LogP contribution in [0.3, 0.4) is 0 Å². The van der Waals surface area contributed by atoms with Crippen molar-refractivity contribution in [2.24, 2.45) is 0 Å². The van der Waals surface area contributed by atoms with Gasteiger partial charge in [0.2, 0.25) is 0 Å². The van der Waals surface area contributed by atoms with Crippen LogP contribution in [0.2, 0.25) is 0 Å². The predicted molar refractivity (Wildman–Crippen MR) is 69.8 cm³/mol. The molecule has 0 heterocycles. The molecule has 0 amide bonds. The summed E-state index contributed by atoms with van der Waals surface area (Å²) in [7, 11) is 0. The Morgan fingerprint density at radius 3 is 2.56 bits per heavy atom. The van der Waals surface area contributed by atoms with E-state index in [4.69, 9.17) is 0 Å². The fourth-order valence-electron chi connectivity index (χ4n) is 2.10. The molecule has 88 valence electrons. The fourth-order valence-corrected chi connectivity index (χ4v) is 2.10. The third kappa shape index (κ3) is 3.53. The lowest BCUT2D eigenvalue weighted by Crippen LogP contribution is -2.31. The van der Waals surface area contributed by atoms with E-state index in [9.17, 15) is 0 Å². The van der Waals surface area contributed by atoms with Gasteiger partial charge in [-0.25, -0.2) is 0 Å². The highest BCUT2D eigenvalue weighted by Crippen LogP contribution is 2.26. The molecule has 2 rings (SSSR count). The molecular weight excluding hydrogens is 196 g/mol. The lowest BCUT2D eigenvalue weighted by atomic mass is 10.3. The van der Waals surface area contributed by atoms with Crippen LogP contribution >= 0.6 is 0 Å². The van der Waals surface area contributed by atoms with Crippen molar-refractivity contribution in [3.63, 3.8) is 0 Å². The van der Waals surface area contributed by atoms with E-state index in [1.54, 1.807) is 0 Å². The Morgan fingerprint density at radius 2 is 1.94 bits per heavy atom. The van der Waals surface area contributed by atoms with Gasteiger partial charge in [0, 0.05) is 24.8 Å². The quantitative estimate of drug-likeness (QED) is 0.757. The summed E-state index contributed by atoms with van der Waals surface area (Å²) in [6, 6.07) is 11.3. The molecule has 0 aliphatic heterocycles. The number of benzene rings is 1. The number of hydrogen-bond acceptors (Lipinski definition) is 2. The molecule has 0 aromatic heterocycles. The van der Waals surface area contributed by atoms with Crippen LogP contribution < -0.4 is 5.32 Å². The second-order valence-electron chi connectivity index (χ2n) is 4.56. The van der Waals surface area contributed by atoms with Crippen molar-refractivity contribution in [3.8, 4) is 0 Å². The first-order valence-corrected chi connectivity index (χ1v) is 6.43. The topological polar surface area (TPSA) is 15.3 Å². The first-order chi connectivity index (χ1) is 7.90. The molecule has 0 atom stereocenters. The smallest absolute Gasteiger partial charge is 0.0340 e. The van der Waals surface area contributed by atoms with Crippen molar-refractivity contribution in [1.29, 1.82) is 0 Å². The summed E-state index contributed by atoms with van der Waals surface area (Å²) < 4.78 is 0. The highest BCUT2D eigenvalue weighted by molar-refractivity contribution is 5.42. The van der Waals surface area contributed by atoms with Crippen molar-refractivity contribution in [2.45, 2.75) is 32.2 Å². The molecule has 2 nitrogen and oxygen atoms in total. The molecule has 16 heavy (non-hydrogen) atoms. The van der Waals surface area contributed by atoms with Gasteiger partial charge in [-0.2, -0.15) is 0 Å². The molecule has 1 aromatic rings. The van der Waals surface area contributed by atoms with Gasteiger partial charge in [-0.1, -0.05) is 25.1 Å². The van der Waals surface area contributed by atoms with Gasteiger partial charge in [0.1, 0.15) is 0 Å². The highest BCUT2D eigenvalue weighted by Gasteiger charge is 2.27. The fraction of sp³-hybridized carbons (Fsp3) is 0.571. The van der Waals surface area contributed by atoms with Crippen LogP contribution in [0.1, 0.15) is 26.2 Å². The Hall–Kier alpha value is -1.02. The third-order valence-electron chi connectivity index (χ3n) is 3.08. The van der Waals surface area contributed by atoms with Crippen molar-refractivity contribution in [3.05, 3.63) is 30.3 Å². The molecule has 1 aliphatic rings. The zero-order chi connectivity index (χ0) is 11.2. The van der Waals surface area contributed by atoms with E-state index >= 15 is 0 Å². The first kappa shape index (κ1) is 11.5. The molecule has 0 unspecified atom stereocenters. The summed E-state index contributed by atoms with van der Waals surface area (Å²) in [6.07, 6.45) is 4.08. The summed E-state index contributed by atoms with van der Waals surface area (Å²) in [6.45, 7) is 5.75. The minimum absolute atomic E-state index is 0.887. The molecule has 0 saturated heterocycles. The van der Waals surface area contributed by atoms with Gasteiger partial charge < -0.3 is 5.32 Å². The second kappa shape index (κ2) is 5.90. The van der Waals surface area contributed by atoms with Crippen LogP contribution in [0.25, 0.3) is 0 Å². The lowest BCUT2D eigenvalue weighted by Gasteiger charge is -2.21. The number of rotatable bonds is 7. The van der Waals surface area contributed by atoms with E-state index in [0.717, 1.165) is 12.6 Å². The molecule has 1 N–H and O–H groups in total. The van der Waals surface area contributed by atoms with Crippen LogP contribution in [0.5, 0.6) is 0 Å². The number of hydrogen-bond donors (Lipinski definition) is 1. The van der Waals surface area contributed by atoms with Gasteiger partial charge >= 0.3 is 0 Å². The summed E-state index contributed by atoms with van der Waals surface area (Å²) in [4.78, 5) is 2.62. The van der Waals surface area contributed by atoms with Crippen LogP contribution in [0, 0.1) is 0 Å². The first-order valence-electron chi connectivity index (χ1n) is 6.43. The maximum atomic E-state index is 3.47. The van der Waals surface area contributed by atoms with Gasteiger partial charge in [-0.3, -0.25) is 4.90 Å². The zero-order valence-electron chi connectivity index (χ0n) is 10.2. The third-order valence-corrected chi connectivity index (χ3v) is 3.08. The van der Waals surface area contributed by atoms with Crippen molar-refractivity contribution in [2.75, 3.05) is 25.0 Å². The molecule has 1 aromatic carbocycles. The normalized spacial score (nSPS) is 15.4. The van der Waals surface area contributed by atoms with E-state index < -0.39 is 0 Å². The highest BCUT2D eigenvalue weighted by atomic mass is 15.2. The zero-order valence-corrected chi connectivity index (χ0v) is 10.2. The van der Waals surface area contributed by atoms with E-state index in [0.29, 0.717) is 0 Å². The van der Waals surface area contributed by atoms with E-state index in [1.807, 2.05) is 0 Å². The van der Waals surface area contributed by atoms with Gasteiger partial charge in [0.25, 0.3) is 0 Å². The molecular formula is C14H22N2. The van der Waals surface area contributed by atoms with Crippen LogP contribution in [0.4, 0.5) is 5.69 Å². The van der Waals surface area contributed by atoms with E-state index in [2.05, 4.69) is 47.5 Å². The summed E-state index contributed by atoms with van der Waals surface area (Å²) >= 11 is 0. The maximum Gasteiger partial charge on any atom is 0.0340 e. The Labute approximate surface area is 98.7 Å². The van der Waals surface area contributed by atoms with Crippen molar-refractivity contribution < 1.29 is 0 Å². The SMILES string of the molecule is CCCN(CCNc1ccccc1)C1CC1. The van der Waals surface area contributed by atoms with Crippen LogP contribution in [-0.2, 0) is 0 Å². The molecule has 0 spiro atoms. The maximum absolute atomic E-state index is 3.47. The number of nitrogens with zero attached hydrogens (tertiary/aromatic N) is 1. The van der Waals surface area contributed by atoms with Crippen LogP contribution in [-0.4, -0.2) is 30.6 Å². The minimum atomic E-state index is 0.887. The van der Waals surface area contributed by atoms with Gasteiger partial charge in [-0.05, 0) is 37.9 Å². The van der Waals surface area contributed by atoms with E-state index in [-0.39, 0.29) is 0 Å². The Balaban J connectivity index is 1.70. The Kier molecular flexibility index (Phi) is 4.23. The number of para-hydroxylation sites is 1. The molecule has 1 aliphatic carbocycles. The lowest BCUT2D eigenvalue weighted by molar-refractivity contribution is 0.274. The monoisotopic (exact) mass is 218 g/mol. The summed E-state index contributed by atoms with van der Waals surface area (Å²) in [5, 5.41) is 3.47. The number of anilines is 1. The molecule has 0 bridgehead atoms. The number of nitrogens with one attached hydrogen (secondary N) is 1. The van der Waals surface area contributed by atoms with Gasteiger partial charge in [0.15, 0.2) is 0 Å². The second-order valence-corrected chi connectivity index (χ2v) is 4.56. The molecule has 1 saturated carbocycles. The largest absolute Gasteiger partial charge is 0.384 e. The van der Waals surface area contributed by atoms with Crippen molar-refractivity contribution >= 4 is 5.69 Å². The van der Waals surface area contributed by atoms with E-state index in [1.165, 1.54) is 38.0 Å². The summed E-state index contributed by atoms with van der Waals surface area (Å²) in [5.41, 5.74) is 1.23. The molecule has 2 heteroatoms. The molecule has 1 fully saturated rings. The predicted octanol–water partition coefficient (Wildman–Crippen LogP) is 2.97.